The van der Waals surface area contributed by atoms with Crippen molar-refractivity contribution in [2.75, 3.05) is 13.2 Å². The number of fused-ring (bicyclic) bond motifs is 1. The van der Waals surface area contributed by atoms with Crippen LogP contribution in [0.5, 0.6) is 11.5 Å². The summed E-state index contributed by atoms with van der Waals surface area (Å²) >= 11 is 6.26. The number of aryl methyl sites for hydroxylation is 1. The topological polar surface area (TPSA) is 56.5 Å². The van der Waals surface area contributed by atoms with E-state index in [1.54, 1.807) is 29.1 Å². The summed E-state index contributed by atoms with van der Waals surface area (Å²) in [6, 6.07) is 5.29. The second-order valence-electron chi connectivity index (χ2n) is 4.85. The molecule has 1 aliphatic rings. The average Bonchev–Trinajstić information content (AvgIpc) is 2.83. The van der Waals surface area contributed by atoms with E-state index in [0.717, 1.165) is 12.1 Å². The molecule has 1 unspecified atom stereocenters. The third-order valence-corrected chi connectivity index (χ3v) is 3.75. The van der Waals surface area contributed by atoms with Gasteiger partial charge in [0, 0.05) is 19.2 Å². The number of aliphatic hydroxyl groups excluding tert-OH is 1. The van der Waals surface area contributed by atoms with Gasteiger partial charge in [-0.3, -0.25) is 4.68 Å². The molecule has 0 amide bonds. The fraction of sp³-hybridized carbons (Fsp3) is 0.400. The minimum atomic E-state index is -0.804. The molecule has 1 atom stereocenters. The van der Waals surface area contributed by atoms with Crippen LogP contribution in [0.15, 0.2) is 24.4 Å². The summed E-state index contributed by atoms with van der Waals surface area (Å²) in [5.74, 6) is 1.13. The highest BCUT2D eigenvalue weighted by Crippen LogP contribution is 2.40. The number of ether oxygens (including phenoxy) is 2. The Morgan fingerprint density at radius 1 is 1.38 bits per heavy atom. The summed E-state index contributed by atoms with van der Waals surface area (Å²) in [4.78, 5) is 0. The van der Waals surface area contributed by atoms with Gasteiger partial charge in [0.2, 0.25) is 0 Å². The second kappa shape index (κ2) is 5.95. The maximum Gasteiger partial charge on any atom is 0.179 e. The van der Waals surface area contributed by atoms with E-state index < -0.39 is 6.10 Å². The van der Waals surface area contributed by atoms with Gasteiger partial charge in [0.1, 0.15) is 6.10 Å². The van der Waals surface area contributed by atoms with Crippen LogP contribution >= 0.6 is 11.6 Å². The number of nitrogens with zero attached hydrogens (tertiary/aromatic N) is 2. The van der Waals surface area contributed by atoms with Crippen molar-refractivity contribution in [3.63, 3.8) is 0 Å². The molecule has 0 radical (unpaired) electrons. The third-order valence-electron chi connectivity index (χ3n) is 3.47. The van der Waals surface area contributed by atoms with Crippen molar-refractivity contribution in [2.24, 2.45) is 0 Å². The number of rotatable bonds is 3. The molecule has 0 saturated carbocycles. The molecular weight excluding hydrogens is 292 g/mol. The highest BCUT2D eigenvalue weighted by molar-refractivity contribution is 6.32. The molecule has 0 aliphatic carbocycles. The molecular formula is C15H17ClN2O3. The van der Waals surface area contributed by atoms with Crippen LogP contribution in [0.3, 0.4) is 0 Å². The molecule has 21 heavy (non-hydrogen) atoms. The van der Waals surface area contributed by atoms with E-state index in [1.807, 2.05) is 6.92 Å². The lowest BCUT2D eigenvalue weighted by molar-refractivity contribution is 0.207. The molecule has 2 heterocycles. The summed E-state index contributed by atoms with van der Waals surface area (Å²) in [6.45, 7) is 3.83. The van der Waals surface area contributed by atoms with Crippen molar-refractivity contribution in [2.45, 2.75) is 26.0 Å². The predicted octanol–water partition coefficient (Wildman–Crippen LogP) is 2.80. The van der Waals surface area contributed by atoms with E-state index >= 15 is 0 Å². The van der Waals surface area contributed by atoms with Gasteiger partial charge in [-0.05, 0) is 30.7 Å². The number of hydrogen-bond acceptors (Lipinski definition) is 4. The Labute approximate surface area is 128 Å². The summed E-state index contributed by atoms with van der Waals surface area (Å²) in [5.41, 5.74) is 1.39. The standard InChI is InChI=1S/C15H17ClN2O3/c1-2-18-12(4-5-17-18)14(19)10-8-11(16)15-13(9-10)20-6-3-7-21-15/h4-5,8-9,14,19H,2-3,6-7H2,1H3. The van der Waals surface area contributed by atoms with E-state index in [9.17, 15) is 5.11 Å². The minimum Gasteiger partial charge on any atom is -0.489 e. The normalized spacial score (nSPS) is 15.6. The zero-order valence-electron chi connectivity index (χ0n) is 11.8. The van der Waals surface area contributed by atoms with Crippen molar-refractivity contribution in [3.05, 3.63) is 40.7 Å². The van der Waals surface area contributed by atoms with Crippen LogP contribution in [0.1, 0.15) is 30.7 Å². The summed E-state index contributed by atoms with van der Waals surface area (Å²) < 4.78 is 13.0. The zero-order chi connectivity index (χ0) is 14.8. The SMILES string of the molecule is CCn1nccc1C(O)c1cc(Cl)c2c(c1)OCCCO2. The number of aliphatic hydroxyl groups is 1. The molecule has 0 spiro atoms. The van der Waals surface area contributed by atoms with E-state index in [0.29, 0.717) is 41.8 Å². The van der Waals surface area contributed by atoms with Gasteiger partial charge in [-0.1, -0.05) is 11.6 Å². The van der Waals surface area contributed by atoms with Gasteiger partial charge in [-0.15, -0.1) is 0 Å². The van der Waals surface area contributed by atoms with Gasteiger partial charge in [-0.25, -0.2) is 0 Å². The Bertz CT molecular complexity index is 642. The van der Waals surface area contributed by atoms with Gasteiger partial charge in [0.15, 0.2) is 11.5 Å². The average molecular weight is 309 g/mol. The van der Waals surface area contributed by atoms with E-state index in [-0.39, 0.29) is 0 Å². The van der Waals surface area contributed by atoms with Gasteiger partial charge in [0.05, 0.1) is 23.9 Å². The monoisotopic (exact) mass is 308 g/mol. The molecule has 1 aromatic heterocycles. The summed E-state index contributed by atoms with van der Waals surface area (Å²) in [5, 5.41) is 15.2. The molecule has 1 aromatic carbocycles. The third kappa shape index (κ3) is 2.71. The lowest BCUT2D eigenvalue weighted by Gasteiger charge is -2.16. The highest BCUT2D eigenvalue weighted by Gasteiger charge is 2.21. The first-order valence-electron chi connectivity index (χ1n) is 6.99. The van der Waals surface area contributed by atoms with Gasteiger partial charge < -0.3 is 14.6 Å². The minimum absolute atomic E-state index is 0.450. The Morgan fingerprint density at radius 3 is 3.00 bits per heavy atom. The Hall–Kier alpha value is -1.72. The van der Waals surface area contributed by atoms with Crippen LogP contribution in [0.25, 0.3) is 0 Å². The highest BCUT2D eigenvalue weighted by atomic mass is 35.5. The second-order valence-corrected chi connectivity index (χ2v) is 5.26. The van der Waals surface area contributed by atoms with Crippen molar-refractivity contribution >= 4 is 11.6 Å². The molecule has 112 valence electrons. The predicted molar refractivity (Wildman–Crippen MR) is 79.0 cm³/mol. The molecule has 6 heteroatoms. The fourth-order valence-corrected chi connectivity index (χ4v) is 2.69. The molecule has 5 nitrogen and oxygen atoms in total. The van der Waals surface area contributed by atoms with E-state index in [4.69, 9.17) is 21.1 Å². The number of benzene rings is 1. The molecule has 1 aliphatic heterocycles. The maximum atomic E-state index is 10.6. The number of halogens is 1. The molecule has 3 rings (SSSR count). The van der Waals surface area contributed by atoms with Crippen molar-refractivity contribution < 1.29 is 14.6 Å². The quantitative estimate of drug-likeness (QED) is 0.947. The van der Waals surface area contributed by atoms with Crippen LogP contribution in [-0.2, 0) is 6.54 Å². The maximum absolute atomic E-state index is 10.6. The molecule has 0 saturated heterocycles. The van der Waals surface area contributed by atoms with Crippen molar-refractivity contribution in [3.8, 4) is 11.5 Å². The lowest BCUT2D eigenvalue weighted by atomic mass is 10.1. The number of hydrogen-bond donors (Lipinski definition) is 1. The van der Waals surface area contributed by atoms with Gasteiger partial charge in [0.25, 0.3) is 0 Å². The molecule has 0 bridgehead atoms. The molecule has 1 N–H and O–H groups in total. The largest absolute Gasteiger partial charge is 0.489 e. The van der Waals surface area contributed by atoms with Crippen molar-refractivity contribution in [1.82, 2.24) is 9.78 Å². The van der Waals surface area contributed by atoms with Crippen LogP contribution in [-0.4, -0.2) is 28.1 Å². The Morgan fingerprint density at radius 2 is 2.19 bits per heavy atom. The molecule has 0 fully saturated rings. The van der Waals surface area contributed by atoms with Crippen LogP contribution < -0.4 is 9.47 Å². The van der Waals surface area contributed by atoms with Crippen LogP contribution in [0.2, 0.25) is 5.02 Å². The van der Waals surface area contributed by atoms with Crippen LogP contribution in [0.4, 0.5) is 0 Å². The smallest absolute Gasteiger partial charge is 0.179 e. The molecule has 2 aromatic rings. The van der Waals surface area contributed by atoms with Crippen LogP contribution in [0, 0.1) is 0 Å². The van der Waals surface area contributed by atoms with Gasteiger partial charge in [-0.2, -0.15) is 5.10 Å². The van der Waals surface area contributed by atoms with Gasteiger partial charge >= 0.3 is 0 Å². The lowest BCUT2D eigenvalue weighted by Crippen LogP contribution is -2.09. The van der Waals surface area contributed by atoms with E-state index in [2.05, 4.69) is 5.10 Å². The van der Waals surface area contributed by atoms with E-state index in [1.165, 1.54) is 0 Å². The summed E-state index contributed by atoms with van der Waals surface area (Å²) in [6.07, 6.45) is 1.68. The fourth-order valence-electron chi connectivity index (χ4n) is 2.42. The van der Waals surface area contributed by atoms with Crippen molar-refractivity contribution in [1.29, 1.82) is 0 Å². The zero-order valence-corrected chi connectivity index (χ0v) is 12.5. The summed E-state index contributed by atoms with van der Waals surface area (Å²) in [7, 11) is 0. The first kappa shape index (κ1) is 14.2. The number of aromatic nitrogens is 2. The first-order valence-corrected chi connectivity index (χ1v) is 7.37. The first-order chi connectivity index (χ1) is 10.2. The Balaban J connectivity index is 1.99. The Kier molecular flexibility index (Phi) is 4.03.